The number of rotatable bonds is 7. The highest BCUT2D eigenvalue weighted by molar-refractivity contribution is 4.95. The summed E-state index contributed by atoms with van der Waals surface area (Å²) < 4.78 is 0. The average Bonchev–Trinajstić information content (AvgIpc) is 2.54. The fourth-order valence-corrected chi connectivity index (χ4v) is 5.50. The molecule has 2 rings (SSSR count). The number of hydrogen-bond acceptors (Lipinski definition) is 2. The van der Waals surface area contributed by atoms with Crippen molar-refractivity contribution >= 4 is 0 Å². The number of hydrogen-bond donors (Lipinski definition) is 2. The quantitative estimate of drug-likeness (QED) is 0.645. The van der Waals surface area contributed by atoms with Crippen LogP contribution in [0.5, 0.6) is 0 Å². The van der Waals surface area contributed by atoms with Gasteiger partial charge in [-0.3, -0.25) is 0 Å². The molecular weight excluding hydrogens is 272 g/mol. The molecule has 0 aromatic heterocycles. The van der Waals surface area contributed by atoms with E-state index < -0.39 is 0 Å². The molecule has 2 heteroatoms. The van der Waals surface area contributed by atoms with Crippen LogP contribution in [0.2, 0.25) is 0 Å². The monoisotopic (exact) mass is 310 g/mol. The molecule has 0 unspecified atom stereocenters. The summed E-state index contributed by atoms with van der Waals surface area (Å²) in [4.78, 5) is 0. The highest BCUT2D eigenvalue weighted by Gasteiger charge is 2.45. The maximum Gasteiger partial charge on any atom is 0.0540 e. The second-order valence-corrected chi connectivity index (χ2v) is 8.05. The second kappa shape index (κ2) is 8.68. The van der Waals surface area contributed by atoms with Crippen molar-refractivity contribution in [2.45, 2.75) is 110 Å². The molecule has 0 saturated heterocycles. The maximum absolute atomic E-state index is 9.89. The first-order chi connectivity index (χ1) is 10.6. The van der Waals surface area contributed by atoms with Gasteiger partial charge in [0.15, 0.2) is 0 Å². The van der Waals surface area contributed by atoms with Crippen molar-refractivity contribution < 1.29 is 10.2 Å². The highest BCUT2D eigenvalue weighted by Crippen LogP contribution is 2.53. The third-order valence-corrected chi connectivity index (χ3v) is 6.92. The first-order valence-corrected chi connectivity index (χ1v) is 9.98. The third-order valence-electron chi connectivity index (χ3n) is 6.92. The lowest BCUT2D eigenvalue weighted by atomic mass is 9.55. The van der Waals surface area contributed by atoms with Gasteiger partial charge in [0.05, 0.1) is 12.2 Å². The Kier molecular flexibility index (Phi) is 7.21. The summed E-state index contributed by atoms with van der Waals surface area (Å²) in [6, 6.07) is 0. The van der Waals surface area contributed by atoms with Gasteiger partial charge in [-0.25, -0.2) is 0 Å². The van der Waals surface area contributed by atoms with Gasteiger partial charge in [-0.05, 0) is 81.5 Å². The van der Waals surface area contributed by atoms with Crippen LogP contribution in [0.4, 0.5) is 0 Å². The minimum atomic E-state index is -0.0466. The van der Waals surface area contributed by atoms with Gasteiger partial charge in [0.25, 0.3) is 0 Å². The Morgan fingerprint density at radius 3 is 1.55 bits per heavy atom. The molecule has 2 aliphatic rings. The zero-order valence-electron chi connectivity index (χ0n) is 14.9. The predicted molar refractivity (Wildman–Crippen MR) is 92.8 cm³/mol. The molecule has 0 aromatic rings. The van der Waals surface area contributed by atoms with E-state index >= 15 is 0 Å². The average molecular weight is 311 g/mol. The van der Waals surface area contributed by atoms with Crippen molar-refractivity contribution in [3.63, 3.8) is 0 Å². The largest absolute Gasteiger partial charge is 0.393 e. The molecule has 0 atom stereocenters. The summed E-state index contributed by atoms with van der Waals surface area (Å²) in [5, 5.41) is 19.8. The Hall–Kier alpha value is -0.0800. The molecular formula is C20H38O2. The smallest absolute Gasteiger partial charge is 0.0540 e. The lowest BCUT2D eigenvalue weighted by Crippen LogP contribution is -2.42. The molecule has 0 spiro atoms. The molecule has 0 heterocycles. The molecule has 2 nitrogen and oxygen atoms in total. The van der Waals surface area contributed by atoms with Crippen molar-refractivity contribution in [2.24, 2.45) is 17.3 Å². The van der Waals surface area contributed by atoms with E-state index in [-0.39, 0.29) is 12.2 Å². The van der Waals surface area contributed by atoms with Gasteiger partial charge < -0.3 is 10.2 Å². The number of aliphatic hydroxyl groups excluding tert-OH is 2. The van der Waals surface area contributed by atoms with Gasteiger partial charge in [-0.2, -0.15) is 0 Å². The van der Waals surface area contributed by atoms with E-state index in [4.69, 9.17) is 0 Å². The normalized spacial score (nSPS) is 36.0. The van der Waals surface area contributed by atoms with E-state index in [0.717, 1.165) is 37.5 Å². The molecule has 130 valence electrons. The maximum atomic E-state index is 9.89. The molecule has 0 bridgehead atoms. The van der Waals surface area contributed by atoms with Crippen molar-refractivity contribution in [3.8, 4) is 0 Å². The minimum absolute atomic E-state index is 0.0466. The van der Waals surface area contributed by atoms with E-state index in [1.165, 1.54) is 57.8 Å². The molecule has 22 heavy (non-hydrogen) atoms. The molecule has 2 saturated carbocycles. The van der Waals surface area contributed by atoms with E-state index in [1.807, 2.05) is 0 Å². The standard InChI is InChI=1S/C20H38O2/c1-3-5-6-15-20(4-2,16-7-11-18(21)12-8-16)17-9-13-19(22)14-10-17/h16-19,21-22H,3-15H2,1-2H3. The van der Waals surface area contributed by atoms with E-state index in [9.17, 15) is 10.2 Å². The minimum Gasteiger partial charge on any atom is -0.393 e. The van der Waals surface area contributed by atoms with Crippen LogP contribution in [0.15, 0.2) is 0 Å². The van der Waals surface area contributed by atoms with Crippen molar-refractivity contribution in [1.29, 1.82) is 0 Å². The lowest BCUT2D eigenvalue weighted by molar-refractivity contribution is -0.0305. The summed E-state index contributed by atoms with van der Waals surface area (Å²) >= 11 is 0. The molecule has 2 aliphatic carbocycles. The Morgan fingerprint density at radius 1 is 0.727 bits per heavy atom. The first kappa shape index (κ1) is 18.3. The third kappa shape index (κ3) is 4.26. The van der Waals surface area contributed by atoms with Crippen LogP contribution in [-0.4, -0.2) is 22.4 Å². The van der Waals surface area contributed by atoms with Crippen LogP contribution >= 0.6 is 0 Å². The Morgan fingerprint density at radius 2 is 1.18 bits per heavy atom. The molecule has 0 aliphatic heterocycles. The van der Waals surface area contributed by atoms with E-state index in [2.05, 4.69) is 13.8 Å². The predicted octanol–water partition coefficient (Wildman–Crippen LogP) is 5.07. The van der Waals surface area contributed by atoms with Gasteiger partial charge >= 0.3 is 0 Å². The zero-order chi connectivity index (χ0) is 16.0. The van der Waals surface area contributed by atoms with Crippen LogP contribution < -0.4 is 0 Å². The van der Waals surface area contributed by atoms with Crippen LogP contribution in [0.1, 0.15) is 97.3 Å². The first-order valence-electron chi connectivity index (χ1n) is 9.98. The summed E-state index contributed by atoms with van der Waals surface area (Å²) in [5.74, 6) is 1.61. The highest BCUT2D eigenvalue weighted by atomic mass is 16.3. The van der Waals surface area contributed by atoms with Gasteiger partial charge in [0, 0.05) is 0 Å². The van der Waals surface area contributed by atoms with Crippen molar-refractivity contribution in [1.82, 2.24) is 0 Å². The van der Waals surface area contributed by atoms with Crippen LogP contribution in [0.3, 0.4) is 0 Å². The summed E-state index contributed by atoms with van der Waals surface area (Å²) in [6.45, 7) is 4.70. The SMILES string of the molecule is CCCCCC(CC)(C1CCC(O)CC1)C1CCC(O)CC1. The van der Waals surface area contributed by atoms with Gasteiger partial charge in [0.1, 0.15) is 0 Å². The topological polar surface area (TPSA) is 40.5 Å². The van der Waals surface area contributed by atoms with E-state index in [0.29, 0.717) is 5.41 Å². The summed E-state index contributed by atoms with van der Waals surface area (Å²) in [5.41, 5.74) is 0.482. The van der Waals surface area contributed by atoms with Crippen molar-refractivity contribution in [3.05, 3.63) is 0 Å². The second-order valence-electron chi connectivity index (χ2n) is 8.05. The van der Waals surface area contributed by atoms with Crippen molar-refractivity contribution in [2.75, 3.05) is 0 Å². The van der Waals surface area contributed by atoms with E-state index in [1.54, 1.807) is 0 Å². The molecule has 0 aromatic carbocycles. The van der Waals surface area contributed by atoms with Crippen LogP contribution in [-0.2, 0) is 0 Å². The molecule has 0 amide bonds. The summed E-state index contributed by atoms with van der Waals surface area (Å²) in [6.07, 6.45) is 15.5. The molecule has 2 N–H and O–H groups in total. The number of unbranched alkanes of at least 4 members (excludes halogenated alkanes) is 2. The summed E-state index contributed by atoms with van der Waals surface area (Å²) in [7, 11) is 0. The molecule has 0 radical (unpaired) electrons. The van der Waals surface area contributed by atoms with Crippen LogP contribution in [0.25, 0.3) is 0 Å². The molecule has 2 fully saturated rings. The number of aliphatic hydroxyl groups is 2. The lowest BCUT2D eigenvalue weighted by Gasteiger charge is -2.50. The fraction of sp³-hybridized carbons (Fsp3) is 1.00. The van der Waals surface area contributed by atoms with Gasteiger partial charge in [-0.15, -0.1) is 0 Å². The van der Waals surface area contributed by atoms with Gasteiger partial charge in [0.2, 0.25) is 0 Å². The Labute approximate surface area is 137 Å². The Balaban J connectivity index is 2.10. The zero-order valence-corrected chi connectivity index (χ0v) is 14.9. The fourth-order valence-electron chi connectivity index (χ4n) is 5.50. The van der Waals surface area contributed by atoms with Crippen LogP contribution in [0, 0.1) is 17.3 Å². The van der Waals surface area contributed by atoms with Gasteiger partial charge in [-0.1, -0.05) is 33.1 Å². The Bertz CT molecular complexity index is 277.